The normalized spacial score (nSPS) is 21.4. The summed E-state index contributed by atoms with van der Waals surface area (Å²) >= 11 is 0. The molecule has 0 aromatic heterocycles. The summed E-state index contributed by atoms with van der Waals surface area (Å²) in [6, 6.07) is 7.60. The minimum atomic E-state index is -1.29. The Balaban J connectivity index is 1.62. The molecule has 1 aromatic carbocycles. The summed E-state index contributed by atoms with van der Waals surface area (Å²) in [6.45, 7) is 8.00. The summed E-state index contributed by atoms with van der Waals surface area (Å²) in [4.78, 5) is 28.1. The van der Waals surface area contributed by atoms with Crippen LogP contribution in [-0.2, 0) is 14.3 Å². The molecule has 7 nitrogen and oxygen atoms in total. The van der Waals surface area contributed by atoms with E-state index in [2.05, 4.69) is 4.90 Å². The second kappa shape index (κ2) is 8.92. The molecule has 1 N–H and O–H groups in total. The number of morpholine rings is 1. The Kier molecular flexibility index (Phi) is 6.57. The molecule has 154 valence electrons. The predicted octanol–water partition coefficient (Wildman–Crippen LogP) is 1.97. The molecule has 0 saturated carbocycles. The highest BCUT2D eigenvalue weighted by molar-refractivity contribution is 5.78. The molecule has 2 fully saturated rings. The van der Waals surface area contributed by atoms with Crippen LogP contribution in [-0.4, -0.2) is 78.3 Å². The van der Waals surface area contributed by atoms with E-state index >= 15 is 0 Å². The Morgan fingerprint density at radius 1 is 1.25 bits per heavy atom. The number of nitrogens with zero attached hydrogens (tertiary/aromatic N) is 2. The minimum Gasteiger partial charge on any atom is -0.478 e. The number of ether oxygens (including phenoxy) is 2. The van der Waals surface area contributed by atoms with Gasteiger partial charge in [0.05, 0.1) is 19.8 Å². The van der Waals surface area contributed by atoms with Crippen LogP contribution in [0.4, 0.5) is 0 Å². The molecule has 2 saturated heterocycles. The molecule has 1 unspecified atom stereocenters. The van der Waals surface area contributed by atoms with Crippen molar-refractivity contribution in [3.05, 3.63) is 29.8 Å². The Morgan fingerprint density at radius 2 is 2.00 bits per heavy atom. The first-order chi connectivity index (χ1) is 13.3. The van der Waals surface area contributed by atoms with Crippen molar-refractivity contribution in [2.24, 2.45) is 0 Å². The molecule has 2 heterocycles. The fourth-order valence-corrected chi connectivity index (χ4v) is 3.70. The van der Waals surface area contributed by atoms with Crippen molar-refractivity contribution in [2.75, 3.05) is 45.9 Å². The number of piperidine rings is 1. The van der Waals surface area contributed by atoms with Crippen molar-refractivity contribution in [1.29, 1.82) is 0 Å². The average molecular weight is 390 g/mol. The predicted molar refractivity (Wildman–Crippen MR) is 105 cm³/mol. The third-order valence-electron chi connectivity index (χ3n) is 5.45. The van der Waals surface area contributed by atoms with Crippen LogP contribution < -0.4 is 4.74 Å². The molecular weight excluding hydrogens is 360 g/mol. The number of benzene rings is 1. The maximum absolute atomic E-state index is 12.7. The third kappa shape index (κ3) is 5.23. The van der Waals surface area contributed by atoms with Crippen LogP contribution in [0.5, 0.6) is 5.75 Å². The van der Waals surface area contributed by atoms with Gasteiger partial charge in [0.25, 0.3) is 0 Å². The van der Waals surface area contributed by atoms with Gasteiger partial charge in [0.15, 0.2) is 5.60 Å². The largest absolute Gasteiger partial charge is 0.478 e. The van der Waals surface area contributed by atoms with Gasteiger partial charge in [0.1, 0.15) is 5.75 Å². The number of hydrogen-bond donors (Lipinski definition) is 1. The van der Waals surface area contributed by atoms with Crippen LogP contribution in [0, 0.1) is 0 Å². The molecule has 2 aliphatic rings. The van der Waals surface area contributed by atoms with E-state index in [-0.39, 0.29) is 11.8 Å². The van der Waals surface area contributed by atoms with Gasteiger partial charge in [-0.3, -0.25) is 9.69 Å². The molecule has 7 heteroatoms. The number of hydrogen-bond acceptors (Lipinski definition) is 5. The van der Waals surface area contributed by atoms with Gasteiger partial charge in [-0.1, -0.05) is 12.1 Å². The van der Waals surface area contributed by atoms with Crippen molar-refractivity contribution in [3.8, 4) is 5.75 Å². The van der Waals surface area contributed by atoms with E-state index < -0.39 is 11.6 Å². The van der Waals surface area contributed by atoms with Crippen LogP contribution in [0.1, 0.15) is 38.2 Å². The van der Waals surface area contributed by atoms with Crippen molar-refractivity contribution in [1.82, 2.24) is 9.80 Å². The Labute approximate surface area is 166 Å². The summed E-state index contributed by atoms with van der Waals surface area (Å²) in [7, 11) is 0. The van der Waals surface area contributed by atoms with Crippen molar-refractivity contribution in [2.45, 2.75) is 38.2 Å². The molecule has 3 rings (SSSR count). The smallest absolute Gasteiger partial charge is 0.347 e. The quantitative estimate of drug-likeness (QED) is 0.800. The number of carboxylic acids is 1. The van der Waals surface area contributed by atoms with Crippen LogP contribution in [0.25, 0.3) is 0 Å². The van der Waals surface area contributed by atoms with Crippen molar-refractivity contribution >= 4 is 11.9 Å². The van der Waals surface area contributed by atoms with E-state index in [1.807, 2.05) is 23.1 Å². The molecule has 0 bridgehead atoms. The zero-order chi connectivity index (χ0) is 20.1. The second-order valence-corrected chi connectivity index (χ2v) is 8.06. The zero-order valence-electron chi connectivity index (χ0n) is 16.7. The van der Waals surface area contributed by atoms with E-state index in [0.29, 0.717) is 32.1 Å². The molecule has 28 heavy (non-hydrogen) atoms. The van der Waals surface area contributed by atoms with Crippen molar-refractivity contribution < 1.29 is 24.2 Å². The summed E-state index contributed by atoms with van der Waals surface area (Å²) in [5.74, 6) is -0.0537. The van der Waals surface area contributed by atoms with Gasteiger partial charge in [0.2, 0.25) is 5.91 Å². The molecule has 0 radical (unpaired) electrons. The fraction of sp³-hybridized carbons (Fsp3) is 0.619. The first-order valence-corrected chi connectivity index (χ1v) is 9.95. The first-order valence-electron chi connectivity index (χ1n) is 9.95. The molecule has 2 aliphatic heterocycles. The third-order valence-corrected chi connectivity index (χ3v) is 5.45. The van der Waals surface area contributed by atoms with Crippen LogP contribution in [0.3, 0.4) is 0 Å². The van der Waals surface area contributed by atoms with Gasteiger partial charge in [-0.2, -0.15) is 0 Å². The highest BCUT2D eigenvalue weighted by Gasteiger charge is 2.30. The standard InChI is InChI=1S/C21H30N2O5/c1-21(2,20(25)26)28-18-7-3-5-16(13-18)17-6-4-8-23(14-17)19(24)15-22-9-11-27-12-10-22/h3,5,7,13,17H,4,6,8-12,14-15H2,1-2H3,(H,25,26). The molecule has 0 spiro atoms. The summed E-state index contributed by atoms with van der Waals surface area (Å²) in [5, 5.41) is 9.27. The van der Waals surface area contributed by atoms with E-state index in [1.165, 1.54) is 13.8 Å². The monoisotopic (exact) mass is 390 g/mol. The second-order valence-electron chi connectivity index (χ2n) is 8.06. The van der Waals surface area contributed by atoms with E-state index in [0.717, 1.165) is 38.0 Å². The first kappa shape index (κ1) is 20.6. The van der Waals surface area contributed by atoms with Gasteiger partial charge in [-0.05, 0) is 44.4 Å². The Hall–Kier alpha value is -2.12. The van der Waals surface area contributed by atoms with E-state index in [9.17, 15) is 14.7 Å². The highest BCUT2D eigenvalue weighted by atomic mass is 16.5. The lowest BCUT2D eigenvalue weighted by Gasteiger charge is -2.35. The molecule has 1 aromatic rings. The van der Waals surface area contributed by atoms with Gasteiger partial charge in [-0.15, -0.1) is 0 Å². The minimum absolute atomic E-state index is 0.172. The lowest BCUT2D eigenvalue weighted by atomic mass is 9.90. The van der Waals surface area contributed by atoms with E-state index in [1.54, 1.807) is 6.07 Å². The van der Waals surface area contributed by atoms with Gasteiger partial charge in [0, 0.05) is 32.1 Å². The summed E-state index contributed by atoms with van der Waals surface area (Å²) < 4.78 is 11.0. The average Bonchev–Trinajstić information content (AvgIpc) is 2.68. The number of carbonyl (C=O) groups is 2. The van der Waals surface area contributed by atoms with E-state index in [4.69, 9.17) is 9.47 Å². The lowest BCUT2D eigenvalue weighted by molar-refractivity contribution is -0.152. The number of carbonyl (C=O) groups excluding carboxylic acids is 1. The number of rotatable bonds is 6. The fourth-order valence-electron chi connectivity index (χ4n) is 3.70. The topological polar surface area (TPSA) is 79.3 Å². The highest BCUT2D eigenvalue weighted by Crippen LogP contribution is 2.30. The SMILES string of the molecule is CC(C)(Oc1cccc(C2CCCN(C(=O)CN3CCOCC3)C2)c1)C(=O)O. The molecule has 1 amide bonds. The van der Waals surface area contributed by atoms with Crippen LogP contribution >= 0.6 is 0 Å². The number of amides is 1. The summed E-state index contributed by atoms with van der Waals surface area (Å²) in [6.07, 6.45) is 1.97. The van der Waals surface area contributed by atoms with Crippen molar-refractivity contribution in [3.63, 3.8) is 0 Å². The maximum atomic E-state index is 12.7. The number of likely N-dealkylation sites (tertiary alicyclic amines) is 1. The molecule has 0 aliphatic carbocycles. The number of aliphatic carboxylic acids is 1. The Morgan fingerprint density at radius 3 is 2.71 bits per heavy atom. The molecule has 1 atom stereocenters. The maximum Gasteiger partial charge on any atom is 0.347 e. The zero-order valence-corrected chi connectivity index (χ0v) is 16.7. The van der Waals surface area contributed by atoms with Crippen LogP contribution in [0.2, 0.25) is 0 Å². The van der Waals surface area contributed by atoms with Gasteiger partial charge < -0.3 is 19.5 Å². The number of carboxylic acid groups (broad SMARTS) is 1. The van der Waals surface area contributed by atoms with Gasteiger partial charge >= 0.3 is 5.97 Å². The lowest BCUT2D eigenvalue weighted by Crippen LogP contribution is -2.47. The van der Waals surface area contributed by atoms with Gasteiger partial charge in [-0.25, -0.2) is 4.79 Å². The summed E-state index contributed by atoms with van der Waals surface area (Å²) in [5.41, 5.74) is -0.201. The molecular formula is C21H30N2O5. The van der Waals surface area contributed by atoms with Crippen LogP contribution in [0.15, 0.2) is 24.3 Å². The Bertz CT molecular complexity index is 700.